The highest BCUT2D eigenvalue weighted by Crippen LogP contribution is 2.30. The van der Waals surface area contributed by atoms with Crippen LogP contribution < -0.4 is 0 Å². The molecule has 1 aromatic rings. The molecule has 0 saturated carbocycles. The van der Waals surface area contributed by atoms with E-state index in [9.17, 15) is 10.2 Å². The molecule has 0 aromatic heterocycles. The van der Waals surface area contributed by atoms with Crippen LogP contribution in [-0.2, 0) is 12.8 Å². The predicted octanol–water partition coefficient (Wildman–Crippen LogP) is 14.7. The Morgan fingerprint density at radius 2 is 0.477 bits per heavy atom. The third kappa shape index (κ3) is 25.1. The molecule has 1 rings (SSSR count). The van der Waals surface area contributed by atoms with Gasteiger partial charge < -0.3 is 10.2 Å². The van der Waals surface area contributed by atoms with E-state index in [2.05, 4.69) is 13.8 Å². The highest BCUT2D eigenvalue weighted by atomic mass is 16.3. The van der Waals surface area contributed by atoms with E-state index in [1.54, 1.807) is 0 Å². The van der Waals surface area contributed by atoms with Crippen LogP contribution in [0.5, 0.6) is 11.5 Å². The summed E-state index contributed by atoms with van der Waals surface area (Å²) in [6.07, 6.45) is 46.6. The molecule has 0 saturated heterocycles. The largest absolute Gasteiger partial charge is 0.504 e. The van der Waals surface area contributed by atoms with Crippen LogP contribution in [0.25, 0.3) is 0 Å². The minimum Gasteiger partial charge on any atom is -0.504 e. The Morgan fingerprint density at radius 1 is 0.295 bits per heavy atom. The molecule has 2 N–H and O–H groups in total. The maximum atomic E-state index is 10.1. The summed E-state index contributed by atoms with van der Waals surface area (Å²) in [5.41, 5.74) is 2.51. The SMILES string of the molecule is CCCCCCCCCCCCCCCCCCc1cc(O)c(O)cc1CCCCCCCCCCCCCCCCCC. The Hall–Kier alpha value is -1.18. The zero-order valence-corrected chi connectivity index (χ0v) is 30.1. The van der Waals surface area contributed by atoms with Crippen molar-refractivity contribution in [1.29, 1.82) is 0 Å². The van der Waals surface area contributed by atoms with Gasteiger partial charge in [0, 0.05) is 0 Å². The van der Waals surface area contributed by atoms with Gasteiger partial charge in [-0.15, -0.1) is 0 Å². The first kappa shape index (κ1) is 40.8. The van der Waals surface area contributed by atoms with E-state index in [0.29, 0.717) is 0 Å². The van der Waals surface area contributed by atoms with Gasteiger partial charge in [-0.2, -0.15) is 0 Å². The van der Waals surface area contributed by atoms with Gasteiger partial charge in [0.15, 0.2) is 11.5 Å². The van der Waals surface area contributed by atoms with Crippen molar-refractivity contribution in [2.45, 2.75) is 232 Å². The fourth-order valence-corrected chi connectivity index (χ4v) is 6.86. The second kappa shape index (κ2) is 31.8. The second-order valence-corrected chi connectivity index (χ2v) is 14.2. The van der Waals surface area contributed by atoms with Crippen LogP contribution in [0.2, 0.25) is 0 Å². The van der Waals surface area contributed by atoms with Crippen molar-refractivity contribution in [2.24, 2.45) is 0 Å². The number of unbranched alkanes of at least 4 members (excludes halogenated alkanes) is 30. The van der Waals surface area contributed by atoms with Gasteiger partial charge in [0.05, 0.1) is 0 Å². The minimum absolute atomic E-state index is 0.0483. The quantitative estimate of drug-likeness (QED) is 0.0599. The lowest BCUT2D eigenvalue weighted by Gasteiger charge is -2.12. The molecule has 0 radical (unpaired) electrons. The molecule has 0 unspecified atom stereocenters. The Labute approximate surface area is 276 Å². The molecule has 0 bridgehead atoms. The molecule has 0 atom stereocenters. The van der Waals surface area contributed by atoms with Crippen LogP contribution in [-0.4, -0.2) is 10.2 Å². The van der Waals surface area contributed by atoms with Crippen molar-refractivity contribution in [3.8, 4) is 11.5 Å². The van der Waals surface area contributed by atoms with E-state index in [1.165, 1.54) is 217 Å². The molecule has 44 heavy (non-hydrogen) atoms. The Morgan fingerprint density at radius 3 is 0.682 bits per heavy atom. The van der Waals surface area contributed by atoms with Gasteiger partial charge in [-0.05, 0) is 48.9 Å². The summed E-state index contributed by atoms with van der Waals surface area (Å²) in [6.45, 7) is 4.59. The van der Waals surface area contributed by atoms with Crippen LogP contribution in [0.1, 0.15) is 230 Å². The molecule has 1 aromatic carbocycles. The lowest BCUT2D eigenvalue weighted by atomic mass is 9.95. The van der Waals surface area contributed by atoms with E-state index in [0.717, 1.165) is 12.8 Å². The maximum Gasteiger partial charge on any atom is 0.157 e. The number of rotatable bonds is 34. The Balaban J connectivity index is 2.01. The normalized spacial score (nSPS) is 11.5. The van der Waals surface area contributed by atoms with E-state index in [-0.39, 0.29) is 11.5 Å². The van der Waals surface area contributed by atoms with Crippen LogP contribution in [0.4, 0.5) is 0 Å². The molecular weight excluding hydrogens is 536 g/mol. The summed E-state index contributed by atoms with van der Waals surface area (Å²) in [5, 5.41) is 20.2. The highest BCUT2D eigenvalue weighted by molar-refractivity contribution is 5.45. The summed E-state index contributed by atoms with van der Waals surface area (Å²) < 4.78 is 0. The smallest absolute Gasteiger partial charge is 0.157 e. The first-order chi connectivity index (χ1) is 21.7. The standard InChI is InChI=1S/C42H78O2/c1-3-5-7-9-11-13-15-17-19-21-23-25-27-29-31-33-35-39-37-41(43)42(44)38-40(39)36-34-32-30-28-26-24-22-20-18-16-14-12-10-8-6-4-2/h37-38,43-44H,3-36H2,1-2H3. The van der Waals surface area contributed by atoms with Crippen molar-refractivity contribution >= 4 is 0 Å². The van der Waals surface area contributed by atoms with Gasteiger partial charge in [-0.25, -0.2) is 0 Å². The summed E-state index contributed by atoms with van der Waals surface area (Å²) >= 11 is 0. The number of hydrogen-bond donors (Lipinski definition) is 2. The maximum absolute atomic E-state index is 10.1. The van der Waals surface area contributed by atoms with Gasteiger partial charge in [0.2, 0.25) is 0 Å². The first-order valence-electron chi connectivity index (χ1n) is 20.2. The van der Waals surface area contributed by atoms with Gasteiger partial charge in [0.1, 0.15) is 0 Å². The molecule has 0 fully saturated rings. The summed E-state index contributed by atoms with van der Waals surface area (Å²) in [5.74, 6) is 0.0967. The van der Waals surface area contributed by atoms with E-state index in [1.807, 2.05) is 12.1 Å². The molecular formula is C42H78O2. The first-order valence-corrected chi connectivity index (χ1v) is 20.2. The van der Waals surface area contributed by atoms with Crippen LogP contribution in [0.3, 0.4) is 0 Å². The summed E-state index contributed by atoms with van der Waals surface area (Å²) in [4.78, 5) is 0. The molecule has 258 valence electrons. The number of benzene rings is 1. The molecule has 2 nitrogen and oxygen atoms in total. The van der Waals surface area contributed by atoms with Crippen molar-refractivity contribution in [3.05, 3.63) is 23.3 Å². The van der Waals surface area contributed by atoms with Crippen molar-refractivity contribution < 1.29 is 10.2 Å². The number of phenolic OH excluding ortho intramolecular Hbond substituents is 2. The van der Waals surface area contributed by atoms with Gasteiger partial charge >= 0.3 is 0 Å². The average molecular weight is 615 g/mol. The van der Waals surface area contributed by atoms with E-state index in [4.69, 9.17) is 0 Å². The molecule has 0 heterocycles. The number of aromatic hydroxyl groups is 2. The molecule has 0 spiro atoms. The third-order valence-electron chi connectivity index (χ3n) is 9.90. The van der Waals surface area contributed by atoms with Gasteiger partial charge in [-0.1, -0.05) is 206 Å². The van der Waals surface area contributed by atoms with Crippen molar-refractivity contribution in [2.75, 3.05) is 0 Å². The van der Waals surface area contributed by atoms with Crippen LogP contribution >= 0.6 is 0 Å². The lowest BCUT2D eigenvalue weighted by molar-refractivity contribution is 0.402. The van der Waals surface area contributed by atoms with Crippen molar-refractivity contribution in [3.63, 3.8) is 0 Å². The number of hydrogen-bond acceptors (Lipinski definition) is 2. The minimum atomic E-state index is 0.0483. The lowest BCUT2D eigenvalue weighted by Crippen LogP contribution is -1.96. The monoisotopic (exact) mass is 615 g/mol. The van der Waals surface area contributed by atoms with E-state index >= 15 is 0 Å². The van der Waals surface area contributed by atoms with Gasteiger partial charge in [0.25, 0.3) is 0 Å². The van der Waals surface area contributed by atoms with E-state index < -0.39 is 0 Å². The second-order valence-electron chi connectivity index (χ2n) is 14.2. The van der Waals surface area contributed by atoms with Gasteiger partial charge in [-0.3, -0.25) is 0 Å². The molecule has 0 amide bonds. The summed E-state index contributed by atoms with van der Waals surface area (Å²) in [7, 11) is 0. The van der Waals surface area contributed by atoms with Crippen LogP contribution in [0, 0.1) is 0 Å². The zero-order valence-electron chi connectivity index (χ0n) is 30.1. The molecule has 2 heteroatoms. The molecule has 0 aliphatic heterocycles. The highest BCUT2D eigenvalue weighted by Gasteiger charge is 2.09. The van der Waals surface area contributed by atoms with Crippen LogP contribution in [0.15, 0.2) is 12.1 Å². The zero-order chi connectivity index (χ0) is 31.8. The average Bonchev–Trinajstić information content (AvgIpc) is 3.02. The third-order valence-corrected chi connectivity index (χ3v) is 9.90. The Kier molecular flexibility index (Phi) is 29.5. The fourth-order valence-electron chi connectivity index (χ4n) is 6.86. The molecule has 0 aliphatic rings. The summed E-state index contributed by atoms with van der Waals surface area (Å²) in [6, 6.07) is 3.67. The topological polar surface area (TPSA) is 40.5 Å². The predicted molar refractivity (Wildman–Crippen MR) is 196 cm³/mol. The Bertz CT molecular complexity index is 666. The number of phenols is 2. The molecule has 0 aliphatic carbocycles. The van der Waals surface area contributed by atoms with Crippen molar-refractivity contribution in [1.82, 2.24) is 0 Å². The number of aryl methyl sites for hydroxylation is 2. The fraction of sp³-hybridized carbons (Fsp3) is 0.857.